The lowest BCUT2D eigenvalue weighted by Crippen LogP contribution is -2.13. The number of primary sulfonamides is 1. The normalized spacial score (nSPS) is 11.4. The summed E-state index contributed by atoms with van der Waals surface area (Å²) in [7, 11) is -3.85. The van der Waals surface area contributed by atoms with Crippen LogP contribution in [0.5, 0.6) is 0 Å². The molecule has 0 aliphatic heterocycles. The molecule has 0 unspecified atom stereocenters. The first-order valence-corrected chi connectivity index (χ1v) is 9.43. The van der Waals surface area contributed by atoms with Crippen molar-refractivity contribution in [3.05, 3.63) is 46.7 Å². The first-order chi connectivity index (χ1) is 10.3. The Balaban J connectivity index is 2.22. The van der Waals surface area contributed by atoms with Crippen molar-refractivity contribution >= 4 is 45.0 Å². The highest BCUT2D eigenvalue weighted by atomic mass is 35.5. The SMILES string of the molecule is CSCc1ccc(Cl)c(NC(=O)c2cc(S(N)(=O)=O)c[nH]2)c1. The van der Waals surface area contributed by atoms with E-state index in [9.17, 15) is 13.2 Å². The number of rotatable bonds is 5. The summed E-state index contributed by atoms with van der Waals surface area (Å²) in [5.41, 5.74) is 1.56. The minimum absolute atomic E-state index is 0.0790. The van der Waals surface area contributed by atoms with Gasteiger partial charge in [0.1, 0.15) is 5.69 Å². The van der Waals surface area contributed by atoms with Crippen LogP contribution in [-0.2, 0) is 15.8 Å². The monoisotopic (exact) mass is 359 g/mol. The predicted molar refractivity (Wildman–Crippen MR) is 88.8 cm³/mol. The van der Waals surface area contributed by atoms with Gasteiger partial charge in [0.2, 0.25) is 10.0 Å². The lowest BCUT2D eigenvalue weighted by Gasteiger charge is -2.08. The van der Waals surface area contributed by atoms with Crippen LogP contribution in [0, 0.1) is 0 Å². The lowest BCUT2D eigenvalue weighted by molar-refractivity contribution is 0.102. The molecule has 0 aliphatic rings. The number of hydrogen-bond donors (Lipinski definition) is 3. The van der Waals surface area contributed by atoms with E-state index >= 15 is 0 Å². The summed E-state index contributed by atoms with van der Waals surface area (Å²) in [5.74, 6) is 0.288. The maximum Gasteiger partial charge on any atom is 0.272 e. The van der Waals surface area contributed by atoms with E-state index in [4.69, 9.17) is 16.7 Å². The zero-order valence-electron chi connectivity index (χ0n) is 11.6. The van der Waals surface area contributed by atoms with Gasteiger partial charge in [-0.1, -0.05) is 17.7 Å². The minimum atomic E-state index is -3.85. The van der Waals surface area contributed by atoms with Crippen molar-refractivity contribution in [3.8, 4) is 0 Å². The molecule has 6 nitrogen and oxygen atoms in total. The molecule has 1 aromatic heterocycles. The number of carbonyl (C=O) groups is 1. The number of H-pyrrole nitrogens is 1. The van der Waals surface area contributed by atoms with Crippen molar-refractivity contribution in [1.82, 2.24) is 4.98 Å². The maximum atomic E-state index is 12.1. The molecule has 1 heterocycles. The molecule has 0 fully saturated rings. The van der Waals surface area contributed by atoms with Crippen LogP contribution in [0.4, 0.5) is 5.69 Å². The first kappa shape index (κ1) is 16.9. The summed E-state index contributed by atoms with van der Waals surface area (Å²) >= 11 is 7.71. The van der Waals surface area contributed by atoms with Crippen LogP contribution < -0.4 is 10.5 Å². The number of amides is 1. The average molecular weight is 360 g/mol. The number of sulfonamides is 1. The van der Waals surface area contributed by atoms with Gasteiger partial charge in [0, 0.05) is 11.9 Å². The molecular formula is C13H14ClN3O3S2. The number of anilines is 1. The second-order valence-corrected chi connectivity index (χ2v) is 7.33. The maximum absolute atomic E-state index is 12.1. The number of hydrogen-bond acceptors (Lipinski definition) is 4. The van der Waals surface area contributed by atoms with E-state index in [0.717, 1.165) is 17.5 Å². The Bertz CT molecular complexity index is 803. The van der Waals surface area contributed by atoms with Gasteiger partial charge in [-0.25, -0.2) is 13.6 Å². The van der Waals surface area contributed by atoms with Crippen molar-refractivity contribution in [2.45, 2.75) is 10.6 Å². The molecule has 0 atom stereocenters. The van der Waals surface area contributed by atoms with E-state index in [1.807, 2.05) is 12.3 Å². The van der Waals surface area contributed by atoms with Crippen LogP contribution >= 0.6 is 23.4 Å². The van der Waals surface area contributed by atoms with Gasteiger partial charge >= 0.3 is 0 Å². The molecule has 118 valence electrons. The zero-order valence-corrected chi connectivity index (χ0v) is 14.0. The third kappa shape index (κ3) is 4.04. The second-order valence-electron chi connectivity index (χ2n) is 4.50. The van der Waals surface area contributed by atoms with Gasteiger partial charge in [-0.2, -0.15) is 11.8 Å². The third-order valence-electron chi connectivity index (χ3n) is 2.82. The first-order valence-electron chi connectivity index (χ1n) is 6.11. The summed E-state index contributed by atoms with van der Waals surface area (Å²) in [5, 5.41) is 8.04. The topological polar surface area (TPSA) is 105 Å². The number of halogens is 1. The van der Waals surface area contributed by atoms with Gasteiger partial charge in [0.05, 0.1) is 15.6 Å². The molecule has 2 aromatic rings. The summed E-state index contributed by atoms with van der Waals surface area (Å²) in [6.45, 7) is 0. The number of nitrogens with two attached hydrogens (primary N) is 1. The van der Waals surface area contributed by atoms with Gasteiger partial charge in [-0.3, -0.25) is 4.79 Å². The molecule has 1 aromatic carbocycles. The fraction of sp³-hybridized carbons (Fsp3) is 0.154. The predicted octanol–water partition coefficient (Wildman–Crippen LogP) is 2.43. The number of thioether (sulfide) groups is 1. The molecule has 0 saturated carbocycles. The van der Waals surface area contributed by atoms with Gasteiger partial charge in [-0.15, -0.1) is 0 Å². The largest absolute Gasteiger partial charge is 0.356 e. The van der Waals surface area contributed by atoms with Crippen LogP contribution in [-0.4, -0.2) is 25.6 Å². The quantitative estimate of drug-likeness (QED) is 0.762. The molecule has 0 bridgehead atoms. The summed E-state index contributed by atoms with van der Waals surface area (Å²) < 4.78 is 22.4. The Morgan fingerprint density at radius 2 is 2.14 bits per heavy atom. The molecule has 0 spiro atoms. The van der Waals surface area contributed by atoms with E-state index in [-0.39, 0.29) is 10.6 Å². The van der Waals surface area contributed by atoms with Gasteiger partial charge in [-0.05, 0) is 30.0 Å². The fourth-order valence-corrected chi connectivity index (χ4v) is 2.97. The van der Waals surface area contributed by atoms with Crippen molar-refractivity contribution in [1.29, 1.82) is 0 Å². The highest BCUT2D eigenvalue weighted by Gasteiger charge is 2.15. The number of aromatic amines is 1. The van der Waals surface area contributed by atoms with Crippen LogP contribution in [0.1, 0.15) is 16.1 Å². The Morgan fingerprint density at radius 3 is 2.73 bits per heavy atom. The fourth-order valence-electron chi connectivity index (χ4n) is 1.78. The highest BCUT2D eigenvalue weighted by molar-refractivity contribution is 7.97. The summed E-state index contributed by atoms with van der Waals surface area (Å²) in [6, 6.07) is 6.53. The Kier molecular flexibility index (Phi) is 5.17. The third-order valence-corrected chi connectivity index (χ3v) is 4.66. The van der Waals surface area contributed by atoms with Crippen molar-refractivity contribution in [3.63, 3.8) is 0 Å². The number of carbonyl (C=O) groups excluding carboxylic acids is 1. The zero-order chi connectivity index (χ0) is 16.3. The highest BCUT2D eigenvalue weighted by Crippen LogP contribution is 2.25. The summed E-state index contributed by atoms with van der Waals surface area (Å²) in [4.78, 5) is 14.6. The van der Waals surface area contributed by atoms with Crippen LogP contribution in [0.3, 0.4) is 0 Å². The van der Waals surface area contributed by atoms with Crippen LogP contribution in [0.15, 0.2) is 35.4 Å². The van der Waals surface area contributed by atoms with E-state index in [1.54, 1.807) is 23.9 Å². The van der Waals surface area contributed by atoms with Crippen molar-refractivity contribution in [2.24, 2.45) is 5.14 Å². The molecule has 4 N–H and O–H groups in total. The number of aromatic nitrogens is 1. The standard InChI is InChI=1S/C13H14ClN3O3S2/c1-21-7-8-2-3-10(14)11(4-8)17-13(18)12-5-9(6-16-12)22(15,19)20/h2-6,16H,7H2,1H3,(H,17,18)(H2,15,19,20). The van der Waals surface area contributed by atoms with Gasteiger partial charge < -0.3 is 10.3 Å². The number of benzene rings is 1. The Morgan fingerprint density at radius 1 is 1.41 bits per heavy atom. The molecule has 0 radical (unpaired) electrons. The molecule has 22 heavy (non-hydrogen) atoms. The van der Waals surface area contributed by atoms with Crippen LogP contribution in [0.25, 0.3) is 0 Å². The smallest absolute Gasteiger partial charge is 0.272 e. The molecule has 0 saturated heterocycles. The molecule has 1 amide bonds. The Hall–Kier alpha value is -1.48. The van der Waals surface area contributed by atoms with Crippen molar-refractivity contribution in [2.75, 3.05) is 11.6 Å². The van der Waals surface area contributed by atoms with Gasteiger partial charge in [0.15, 0.2) is 0 Å². The number of nitrogens with one attached hydrogen (secondary N) is 2. The second kappa shape index (κ2) is 6.74. The van der Waals surface area contributed by atoms with Gasteiger partial charge in [0.25, 0.3) is 5.91 Å². The average Bonchev–Trinajstić information content (AvgIpc) is 2.92. The molecular weight excluding hydrogens is 346 g/mol. The summed E-state index contributed by atoms with van der Waals surface area (Å²) in [6.07, 6.45) is 3.14. The minimum Gasteiger partial charge on any atom is -0.356 e. The van der Waals surface area contributed by atoms with E-state index in [0.29, 0.717) is 10.7 Å². The molecule has 2 rings (SSSR count). The van der Waals surface area contributed by atoms with E-state index in [2.05, 4.69) is 10.3 Å². The van der Waals surface area contributed by atoms with E-state index < -0.39 is 15.9 Å². The Labute approximate surface area is 137 Å². The molecule has 0 aliphatic carbocycles. The lowest BCUT2D eigenvalue weighted by atomic mass is 10.2. The van der Waals surface area contributed by atoms with E-state index in [1.165, 1.54) is 6.07 Å². The molecule has 9 heteroatoms. The van der Waals surface area contributed by atoms with Crippen molar-refractivity contribution < 1.29 is 13.2 Å². The van der Waals surface area contributed by atoms with Crippen LogP contribution in [0.2, 0.25) is 5.02 Å².